The van der Waals surface area contributed by atoms with E-state index in [1.54, 1.807) is 12.3 Å². The Labute approximate surface area is 116 Å². The number of nitrogens with zero attached hydrogens (tertiary/aromatic N) is 2. The van der Waals surface area contributed by atoms with Crippen molar-refractivity contribution in [1.29, 1.82) is 0 Å². The van der Waals surface area contributed by atoms with E-state index in [9.17, 15) is 4.39 Å². The first-order valence-electron chi connectivity index (χ1n) is 6.34. The molecule has 0 saturated carbocycles. The van der Waals surface area contributed by atoms with E-state index >= 15 is 0 Å². The van der Waals surface area contributed by atoms with E-state index in [-0.39, 0.29) is 11.5 Å². The average Bonchev–Trinajstić information content (AvgIpc) is 2.92. The fraction of sp³-hybridized carbons (Fsp3) is 0.0625. The highest BCUT2D eigenvalue weighted by Gasteiger charge is 2.07. The Morgan fingerprint density at radius 1 is 1.10 bits per heavy atom. The van der Waals surface area contributed by atoms with Crippen LogP contribution in [0.15, 0.2) is 60.9 Å². The molecule has 0 aliphatic heterocycles. The number of anilines is 1. The van der Waals surface area contributed by atoms with Gasteiger partial charge in [-0.3, -0.25) is 0 Å². The molecule has 3 nitrogen and oxygen atoms in total. The number of imidazole rings is 1. The maximum Gasteiger partial charge on any atom is 0.146 e. The van der Waals surface area contributed by atoms with E-state index in [0.717, 1.165) is 17.0 Å². The van der Waals surface area contributed by atoms with Crippen LogP contribution in [0.3, 0.4) is 0 Å². The van der Waals surface area contributed by atoms with Crippen LogP contribution in [0.1, 0.15) is 5.56 Å². The number of hydrogen-bond donors (Lipinski definition) is 1. The van der Waals surface area contributed by atoms with Gasteiger partial charge >= 0.3 is 0 Å². The summed E-state index contributed by atoms with van der Waals surface area (Å²) in [5.74, 6) is 0.478. The van der Waals surface area contributed by atoms with Gasteiger partial charge in [0.25, 0.3) is 0 Å². The van der Waals surface area contributed by atoms with Crippen LogP contribution in [-0.4, -0.2) is 9.55 Å². The van der Waals surface area contributed by atoms with Gasteiger partial charge in [0.05, 0.1) is 5.69 Å². The van der Waals surface area contributed by atoms with Gasteiger partial charge in [-0.15, -0.1) is 0 Å². The van der Waals surface area contributed by atoms with Crippen LogP contribution in [0.5, 0.6) is 0 Å². The number of halogens is 1. The largest absolute Gasteiger partial charge is 0.396 e. The Bertz CT molecular complexity index is 720. The fourth-order valence-electron chi connectivity index (χ4n) is 2.15. The Kier molecular flexibility index (Phi) is 3.21. The number of nitrogen functional groups attached to an aromatic ring is 1. The van der Waals surface area contributed by atoms with Gasteiger partial charge in [0.2, 0.25) is 0 Å². The van der Waals surface area contributed by atoms with E-state index in [1.807, 2.05) is 47.2 Å². The van der Waals surface area contributed by atoms with Gasteiger partial charge in [-0.1, -0.05) is 36.4 Å². The van der Waals surface area contributed by atoms with E-state index in [0.29, 0.717) is 6.54 Å². The Balaban J connectivity index is 1.92. The first kappa shape index (κ1) is 12.4. The minimum absolute atomic E-state index is 0.169. The van der Waals surface area contributed by atoms with Crippen molar-refractivity contribution < 1.29 is 4.39 Å². The van der Waals surface area contributed by atoms with Crippen molar-refractivity contribution in [3.05, 3.63) is 72.3 Å². The van der Waals surface area contributed by atoms with Crippen molar-refractivity contribution >= 4 is 5.69 Å². The minimum Gasteiger partial charge on any atom is -0.396 e. The molecule has 0 fully saturated rings. The van der Waals surface area contributed by atoms with Gasteiger partial charge < -0.3 is 10.3 Å². The van der Waals surface area contributed by atoms with E-state index in [1.165, 1.54) is 6.07 Å². The molecule has 0 radical (unpaired) electrons. The zero-order valence-corrected chi connectivity index (χ0v) is 10.8. The molecular weight excluding hydrogens is 253 g/mol. The van der Waals surface area contributed by atoms with Crippen molar-refractivity contribution in [2.24, 2.45) is 0 Å². The fourth-order valence-corrected chi connectivity index (χ4v) is 2.15. The second-order valence-corrected chi connectivity index (χ2v) is 4.60. The van der Waals surface area contributed by atoms with Crippen LogP contribution < -0.4 is 5.73 Å². The minimum atomic E-state index is -0.385. The molecule has 2 N–H and O–H groups in total. The quantitative estimate of drug-likeness (QED) is 0.740. The first-order valence-corrected chi connectivity index (χ1v) is 6.34. The van der Waals surface area contributed by atoms with Crippen LogP contribution in [0.4, 0.5) is 10.1 Å². The Morgan fingerprint density at radius 3 is 2.65 bits per heavy atom. The molecule has 3 rings (SSSR count). The molecule has 3 aromatic rings. The number of aromatic nitrogens is 2. The summed E-state index contributed by atoms with van der Waals surface area (Å²) >= 11 is 0. The van der Waals surface area contributed by atoms with Gasteiger partial charge in [-0.05, 0) is 17.7 Å². The average molecular weight is 267 g/mol. The molecule has 0 amide bonds. The molecule has 100 valence electrons. The lowest BCUT2D eigenvalue weighted by molar-refractivity contribution is 0.628. The van der Waals surface area contributed by atoms with Gasteiger partial charge in [-0.25, -0.2) is 9.37 Å². The number of nitrogens with two attached hydrogens (primary N) is 1. The molecule has 4 heteroatoms. The molecule has 20 heavy (non-hydrogen) atoms. The predicted octanol–water partition coefficient (Wildman–Crippen LogP) is 3.32. The molecule has 2 aromatic carbocycles. The third-order valence-corrected chi connectivity index (χ3v) is 3.17. The van der Waals surface area contributed by atoms with Gasteiger partial charge in [0.15, 0.2) is 0 Å². The van der Waals surface area contributed by atoms with Crippen LogP contribution in [0.25, 0.3) is 11.4 Å². The van der Waals surface area contributed by atoms with E-state index < -0.39 is 0 Å². The SMILES string of the molecule is Nc1ccc(Cn2ccnc2-c2ccccc2)cc1F. The van der Waals surface area contributed by atoms with Crippen LogP contribution in [0, 0.1) is 5.82 Å². The van der Waals surface area contributed by atoms with Crippen LogP contribution in [-0.2, 0) is 6.54 Å². The molecule has 1 aromatic heterocycles. The zero-order chi connectivity index (χ0) is 13.9. The first-order chi connectivity index (χ1) is 9.74. The Hall–Kier alpha value is -2.62. The monoisotopic (exact) mass is 267 g/mol. The zero-order valence-electron chi connectivity index (χ0n) is 10.8. The maximum absolute atomic E-state index is 13.5. The number of rotatable bonds is 3. The van der Waals surface area contributed by atoms with Gasteiger partial charge in [0, 0.05) is 24.5 Å². The smallest absolute Gasteiger partial charge is 0.146 e. The lowest BCUT2D eigenvalue weighted by Crippen LogP contribution is -2.02. The topological polar surface area (TPSA) is 43.8 Å². The second-order valence-electron chi connectivity index (χ2n) is 4.60. The van der Waals surface area contributed by atoms with Crippen molar-refractivity contribution in [3.8, 4) is 11.4 Å². The predicted molar refractivity (Wildman–Crippen MR) is 77.6 cm³/mol. The summed E-state index contributed by atoms with van der Waals surface area (Å²) < 4.78 is 15.5. The maximum atomic E-state index is 13.5. The van der Waals surface area contributed by atoms with Crippen LogP contribution >= 0.6 is 0 Å². The lowest BCUT2D eigenvalue weighted by atomic mass is 10.2. The highest BCUT2D eigenvalue weighted by molar-refractivity contribution is 5.55. The molecule has 0 aliphatic carbocycles. The molecule has 0 bridgehead atoms. The van der Waals surface area contributed by atoms with Crippen molar-refractivity contribution in [2.75, 3.05) is 5.73 Å². The Morgan fingerprint density at radius 2 is 1.90 bits per heavy atom. The standard InChI is InChI=1S/C16H14FN3/c17-14-10-12(6-7-15(14)18)11-20-9-8-19-16(20)13-4-2-1-3-5-13/h1-10H,11,18H2. The molecule has 0 unspecified atom stereocenters. The highest BCUT2D eigenvalue weighted by atomic mass is 19.1. The summed E-state index contributed by atoms with van der Waals surface area (Å²) in [4.78, 5) is 4.37. The van der Waals surface area contributed by atoms with Gasteiger partial charge in [-0.2, -0.15) is 0 Å². The molecule has 0 spiro atoms. The second kappa shape index (κ2) is 5.17. The summed E-state index contributed by atoms with van der Waals surface area (Å²) in [7, 11) is 0. The third kappa shape index (κ3) is 2.40. The molecule has 0 atom stereocenters. The summed E-state index contributed by atoms with van der Waals surface area (Å²) in [5.41, 5.74) is 7.55. The summed E-state index contributed by atoms with van der Waals surface area (Å²) in [6.45, 7) is 0.557. The van der Waals surface area contributed by atoms with Crippen molar-refractivity contribution in [1.82, 2.24) is 9.55 Å². The summed E-state index contributed by atoms with van der Waals surface area (Å²) in [6, 6.07) is 14.8. The van der Waals surface area contributed by atoms with Crippen LogP contribution in [0.2, 0.25) is 0 Å². The highest BCUT2D eigenvalue weighted by Crippen LogP contribution is 2.19. The summed E-state index contributed by atoms with van der Waals surface area (Å²) in [5, 5.41) is 0. The van der Waals surface area contributed by atoms with Crippen molar-refractivity contribution in [2.45, 2.75) is 6.54 Å². The molecule has 1 heterocycles. The number of benzene rings is 2. The van der Waals surface area contributed by atoms with Crippen molar-refractivity contribution in [3.63, 3.8) is 0 Å². The molecule has 0 aliphatic rings. The third-order valence-electron chi connectivity index (χ3n) is 3.17. The van der Waals surface area contributed by atoms with E-state index in [2.05, 4.69) is 4.98 Å². The normalized spacial score (nSPS) is 10.7. The number of hydrogen-bond acceptors (Lipinski definition) is 2. The molecule has 0 saturated heterocycles. The summed E-state index contributed by atoms with van der Waals surface area (Å²) in [6.07, 6.45) is 3.63. The van der Waals surface area contributed by atoms with E-state index in [4.69, 9.17) is 5.73 Å². The lowest BCUT2D eigenvalue weighted by Gasteiger charge is -2.09. The van der Waals surface area contributed by atoms with Gasteiger partial charge in [0.1, 0.15) is 11.6 Å². The molecular formula is C16H14FN3.